The topological polar surface area (TPSA) is 108 Å². The van der Waals surface area contributed by atoms with Crippen molar-refractivity contribution >= 4 is 35.2 Å². The van der Waals surface area contributed by atoms with E-state index in [2.05, 4.69) is 10.6 Å². The molecule has 2 aromatic carbocycles. The van der Waals surface area contributed by atoms with Crippen molar-refractivity contribution in [3.63, 3.8) is 0 Å². The fourth-order valence-electron chi connectivity index (χ4n) is 3.93. The number of carbonyl (C=O) groups is 3. The third-order valence-electron chi connectivity index (χ3n) is 5.82. The van der Waals surface area contributed by atoms with Crippen molar-refractivity contribution in [3.05, 3.63) is 58.1 Å². The highest BCUT2D eigenvalue weighted by atomic mass is 35.5. The first-order valence-electron chi connectivity index (χ1n) is 12.3. The van der Waals surface area contributed by atoms with Crippen LogP contribution in [0.1, 0.15) is 64.3 Å². The number of aryl methyl sites for hydroxylation is 2. The van der Waals surface area contributed by atoms with E-state index in [0.29, 0.717) is 16.3 Å². The van der Waals surface area contributed by atoms with Gasteiger partial charge < -0.3 is 25.4 Å². The molecule has 2 atom stereocenters. The molecule has 0 radical (unpaired) electrons. The van der Waals surface area contributed by atoms with Gasteiger partial charge in [0.25, 0.3) is 5.91 Å². The summed E-state index contributed by atoms with van der Waals surface area (Å²) in [6.45, 7) is 14.2. The Morgan fingerprint density at radius 2 is 1.65 bits per heavy atom. The van der Waals surface area contributed by atoms with Gasteiger partial charge in [0.1, 0.15) is 23.4 Å². The number of hydrogen-bond donors (Lipinski definition) is 3. The average molecular weight is 532 g/mol. The van der Waals surface area contributed by atoms with E-state index in [0.717, 1.165) is 5.56 Å². The first-order valence-corrected chi connectivity index (χ1v) is 12.7. The second-order valence-electron chi connectivity index (χ2n) is 10.3. The monoisotopic (exact) mass is 531 g/mol. The molecule has 37 heavy (non-hydrogen) atoms. The van der Waals surface area contributed by atoms with Crippen LogP contribution in [0.2, 0.25) is 5.02 Å². The van der Waals surface area contributed by atoms with Gasteiger partial charge in [0.05, 0.1) is 10.7 Å². The van der Waals surface area contributed by atoms with Gasteiger partial charge in [-0.3, -0.25) is 9.59 Å². The predicted octanol–water partition coefficient (Wildman–Crippen LogP) is 5.74. The number of phenols is 1. The van der Waals surface area contributed by atoms with Crippen molar-refractivity contribution in [1.82, 2.24) is 10.2 Å². The molecule has 202 valence electrons. The Labute approximate surface area is 224 Å². The molecule has 0 saturated carbocycles. The molecule has 0 aliphatic rings. The van der Waals surface area contributed by atoms with Gasteiger partial charge in [-0.05, 0) is 64.7 Å². The van der Waals surface area contributed by atoms with Gasteiger partial charge in [0.2, 0.25) is 5.91 Å². The number of halogens is 1. The number of aromatic hydroxyl groups is 1. The van der Waals surface area contributed by atoms with Crippen LogP contribution in [0.5, 0.6) is 5.75 Å². The summed E-state index contributed by atoms with van der Waals surface area (Å²) < 4.78 is 5.36. The number of amides is 3. The minimum Gasteiger partial charge on any atom is -0.507 e. The lowest BCUT2D eigenvalue weighted by atomic mass is 9.97. The number of phenolic OH excluding ortho intramolecular Hbond substituents is 1. The Balaban J connectivity index is 2.55. The summed E-state index contributed by atoms with van der Waals surface area (Å²) >= 11 is 6.35. The van der Waals surface area contributed by atoms with Crippen LogP contribution in [0, 0.1) is 19.8 Å². The van der Waals surface area contributed by atoms with Gasteiger partial charge in [0, 0.05) is 12.1 Å². The first-order chi connectivity index (χ1) is 17.2. The molecule has 9 heteroatoms. The summed E-state index contributed by atoms with van der Waals surface area (Å²) in [5.74, 6) is -1.44. The van der Waals surface area contributed by atoms with Gasteiger partial charge in [-0.1, -0.05) is 55.8 Å². The zero-order valence-corrected chi connectivity index (χ0v) is 23.6. The molecule has 0 saturated heterocycles. The molecular weight excluding hydrogens is 494 g/mol. The fraction of sp³-hybridized carbons (Fsp3) is 0.464. The van der Waals surface area contributed by atoms with Crippen LogP contribution in [0.25, 0.3) is 0 Å². The minimum atomic E-state index is -1.20. The normalized spacial score (nSPS) is 13.0. The highest BCUT2D eigenvalue weighted by molar-refractivity contribution is 6.34. The number of anilines is 1. The number of rotatable bonds is 8. The maximum atomic E-state index is 13.9. The lowest BCUT2D eigenvalue weighted by Gasteiger charge is -2.35. The number of alkyl carbamates (subject to hydrolysis) is 1. The molecule has 0 aliphatic heterocycles. The molecule has 0 aliphatic carbocycles. The quantitative estimate of drug-likeness (QED) is 0.402. The second-order valence-corrected chi connectivity index (χ2v) is 10.7. The summed E-state index contributed by atoms with van der Waals surface area (Å²) in [4.78, 5) is 41.6. The number of carbonyl (C=O) groups excluding carboxylic acids is 3. The number of nitrogens with one attached hydrogen (secondary N) is 2. The van der Waals surface area contributed by atoms with Crippen molar-refractivity contribution < 1.29 is 24.2 Å². The van der Waals surface area contributed by atoms with Gasteiger partial charge in [-0.25, -0.2) is 4.79 Å². The molecule has 0 spiro atoms. The number of hydrogen-bond acceptors (Lipinski definition) is 5. The smallest absolute Gasteiger partial charge is 0.408 e. The molecule has 0 fully saturated rings. The van der Waals surface area contributed by atoms with E-state index >= 15 is 0 Å². The fourth-order valence-corrected chi connectivity index (χ4v) is 4.20. The summed E-state index contributed by atoms with van der Waals surface area (Å²) in [5.41, 5.74) is 1.23. The van der Waals surface area contributed by atoms with E-state index in [4.69, 9.17) is 16.3 Å². The standard InChI is InChI=1S/C28H38ClN3O5/c1-9-32(26(35)21(16(2)3)31-27(36)37-28(6,7)8)23(19-14-10-13-18(5)24(19)33)25(34)30-22-17(4)12-11-15-20(22)29/h10-16,21,23,33H,9H2,1-8H3,(H,30,34)(H,31,36). The zero-order chi connectivity index (χ0) is 28.1. The van der Waals surface area contributed by atoms with Crippen LogP contribution in [-0.4, -0.2) is 46.1 Å². The Morgan fingerprint density at radius 1 is 1.05 bits per heavy atom. The Hall–Kier alpha value is -3.26. The van der Waals surface area contributed by atoms with Crippen molar-refractivity contribution in [2.24, 2.45) is 5.92 Å². The van der Waals surface area contributed by atoms with Crippen LogP contribution in [0.4, 0.5) is 10.5 Å². The zero-order valence-electron chi connectivity index (χ0n) is 22.8. The molecule has 0 heterocycles. The summed E-state index contributed by atoms with van der Waals surface area (Å²) in [6, 6.07) is 8.10. The highest BCUT2D eigenvalue weighted by Crippen LogP contribution is 2.34. The van der Waals surface area contributed by atoms with Crippen LogP contribution in [-0.2, 0) is 14.3 Å². The largest absolute Gasteiger partial charge is 0.507 e. The lowest BCUT2D eigenvalue weighted by molar-refractivity contribution is -0.141. The molecule has 8 nitrogen and oxygen atoms in total. The van der Waals surface area contributed by atoms with Gasteiger partial charge in [0.15, 0.2) is 0 Å². The van der Waals surface area contributed by atoms with Crippen LogP contribution in [0.15, 0.2) is 36.4 Å². The minimum absolute atomic E-state index is 0.0917. The maximum Gasteiger partial charge on any atom is 0.408 e. The molecule has 3 N–H and O–H groups in total. The molecule has 0 aromatic heterocycles. The predicted molar refractivity (Wildman–Crippen MR) is 146 cm³/mol. The van der Waals surface area contributed by atoms with Gasteiger partial charge >= 0.3 is 6.09 Å². The molecule has 2 rings (SSSR count). The summed E-state index contributed by atoms with van der Waals surface area (Å²) in [5, 5.41) is 16.8. The van der Waals surface area contributed by atoms with Crippen LogP contribution in [0.3, 0.4) is 0 Å². The molecular formula is C28H38ClN3O5. The van der Waals surface area contributed by atoms with Crippen molar-refractivity contribution in [2.45, 2.75) is 73.1 Å². The van der Waals surface area contributed by atoms with E-state index in [1.54, 1.807) is 78.8 Å². The Morgan fingerprint density at radius 3 is 2.19 bits per heavy atom. The van der Waals surface area contributed by atoms with Gasteiger partial charge in [-0.2, -0.15) is 0 Å². The first kappa shape index (κ1) is 30.0. The Bertz CT molecular complexity index is 1120. The molecule has 2 aromatic rings. The lowest BCUT2D eigenvalue weighted by Crippen LogP contribution is -2.54. The van der Waals surface area contributed by atoms with E-state index in [9.17, 15) is 19.5 Å². The van der Waals surface area contributed by atoms with E-state index < -0.39 is 35.6 Å². The molecule has 3 amide bonds. The number of benzene rings is 2. The third kappa shape index (κ3) is 7.61. The molecule has 0 bridgehead atoms. The average Bonchev–Trinajstić information content (AvgIpc) is 2.78. The second kappa shape index (κ2) is 12.3. The maximum absolute atomic E-state index is 13.9. The van der Waals surface area contributed by atoms with Gasteiger partial charge in [-0.15, -0.1) is 0 Å². The number of ether oxygens (including phenoxy) is 1. The summed E-state index contributed by atoms with van der Waals surface area (Å²) in [6.07, 6.45) is -0.735. The SMILES string of the molecule is CCN(C(=O)C(NC(=O)OC(C)(C)C)C(C)C)C(C(=O)Nc1c(C)cccc1Cl)c1cccc(C)c1O. The number of nitrogens with zero attached hydrogens (tertiary/aromatic N) is 1. The van der Waals surface area contributed by atoms with E-state index in [1.165, 1.54) is 4.90 Å². The van der Waals surface area contributed by atoms with E-state index in [-0.39, 0.29) is 23.8 Å². The molecule has 2 unspecified atom stereocenters. The van der Waals surface area contributed by atoms with Crippen LogP contribution < -0.4 is 10.6 Å². The van der Waals surface area contributed by atoms with Crippen LogP contribution >= 0.6 is 11.6 Å². The van der Waals surface area contributed by atoms with E-state index in [1.807, 2.05) is 13.0 Å². The third-order valence-corrected chi connectivity index (χ3v) is 6.14. The number of likely N-dealkylation sites (N-methyl/N-ethyl adjacent to an activating group) is 1. The highest BCUT2D eigenvalue weighted by Gasteiger charge is 2.38. The van der Waals surface area contributed by atoms with Crippen molar-refractivity contribution in [1.29, 1.82) is 0 Å². The summed E-state index contributed by atoms with van der Waals surface area (Å²) in [7, 11) is 0. The van der Waals surface area contributed by atoms with Crippen molar-refractivity contribution in [3.8, 4) is 5.75 Å². The Kier molecular flexibility index (Phi) is 9.98. The van der Waals surface area contributed by atoms with Crippen molar-refractivity contribution in [2.75, 3.05) is 11.9 Å². The number of para-hydroxylation sites is 2.